The first kappa shape index (κ1) is 42.6. The number of carbonyl (C=O) groups is 4. The summed E-state index contributed by atoms with van der Waals surface area (Å²) >= 11 is 12.7. The fourth-order valence-corrected chi connectivity index (χ4v) is 7.53. The van der Waals surface area contributed by atoms with Crippen LogP contribution in [0, 0.1) is 11.2 Å². The van der Waals surface area contributed by atoms with Crippen molar-refractivity contribution >= 4 is 58.5 Å². The maximum atomic E-state index is 16.2. The molecule has 14 nitrogen and oxygen atoms in total. The van der Waals surface area contributed by atoms with E-state index < -0.39 is 59.5 Å². The highest BCUT2D eigenvalue weighted by atomic mass is 35.5. The second kappa shape index (κ2) is 17.7. The third-order valence-electron chi connectivity index (χ3n) is 9.39. The molecule has 17 heteroatoms. The largest absolute Gasteiger partial charge is 0.531 e. The Morgan fingerprint density at radius 2 is 1.79 bits per heavy atom. The maximum Gasteiger partial charge on any atom is 0.531 e. The lowest BCUT2D eigenvalue weighted by atomic mass is 9.62. The molecular weight excluding hydrogens is 774 g/mol. The molecule has 1 spiro atoms. The fourth-order valence-electron chi connectivity index (χ4n) is 7.17. The number of nitrogens with one attached hydrogen (secondary N) is 3. The number of esters is 1. The fraction of sp³-hybridized carbons (Fsp3) is 0.436. The van der Waals surface area contributed by atoms with Gasteiger partial charge in [-0.05, 0) is 59.4 Å². The second-order valence-corrected chi connectivity index (χ2v) is 15.4. The molecule has 5 rings (SSSR count). The highest BCUT2D eigenvalue weighted by molar-refractivity contribution is 6.31. The van der Waals surface area contributed by atoms with Gasteiger partial charge in [0.1, 0.15) is 23.7 Å². The minimum Gasteiger partial charge on any atom is -0.495 e. The summed E-state index contributed by atoms with van der Waals surface area (Å²) in [6, 6.07) is 11.8. The zero-order valence-electron chi connectivity index (χ0n) is 32.0. The molecule has 1 fully saturated rings. The number of hydrogen-bond donors (Lipinski definition) is 3. The summed E-state index contributed by atoms with van der Waals surface area (Å²) in [5, 5.41) is 10.5. The number of hydrogen-bond acceptors (Lipinski definition) is 12. The quantitative estimate of drug-likeness (QED) is 0.0688. The molecule has 3 aromatic rings. The average Bonchev–Trinajstić information content (AvgIpc) is 3.60. The normalized spacial score (nSPS) is 20.7. The van der Waals surface area contributed by atoms with Crippen molar-refractivity contribution in [1.82, 2.24) is 10.4 Å². The van der Waals surface area contributed by atoms with Gasteiger partial charge in [-0.15, -0.1) is 5.06 Å². The molecule has 0 radical (unpaired) electrons. The van der Waals surface area contributed by atoms with Crippen molar-refractivity contribution in [2.24, 2.45) is 5.41 Å². The van der Waals surface area contributed by atoms with E-state index in [9.17, 15) is 19.2 Å². The molecule has 302 valence electrons. The van der Waals surface area contributed by atoms with Crippen molar-refractivity contribution in [1.29, 1.82) is 0 Å². The van der Waals surface area contributed by atoms with Gasteiger partial charge in [0.05, 0.1) is 42.6 Å². The van der Waals surface area contributed by atoms with E-state index in [1.165, 1.54) is 58.5 Å². The van der Waals surface area contributed by atoms with Crippen LogP contribution < -0.4 is 20.7 Å². The minimum absolute atomic E-state index is 0.00674. The first-order chi connectivity index (χ1) is 26.5. The smallest absolute Gasteiger partial charge is 0.495 e. The number of methoxy groups -OCH3 is 2. The minimum atomic E-state index is -1.46. The van der Waals surface area contributed by atoms with Gasteiger partial charge in [-0.1, -0.05) is 62.2 Å². The number of carbonyl (C=O) groups excluding carboxylic acids is 4. The van der Waals surface area contributed by atoms with Gasteiger partial charge >= 0.3 is 12.1 Å². The molecule has 0 aromatic heterocycles. The van der Waals surface area contributed by atoms with E-state index in [0.29, 0.717) is 29.3 Å². The van der Waals surface area contributed by atoms with Gasteiger partial charge in [-0.25, -0.2) is 14.0 Å². The van der Waals surface area contributed by atoms with Crippen LogP contribution in [-0.2, 0) is 38.8 Å². The van der Waals surface area contributed by atoms with Crippen LogP contribution in [-0.4, -0.2) is 88.6 Å². The average molecular weight is 820 g/mol. The summed E-state index contributed by atoms with van der Waals surface area (Å²) in [7, 11) is 4.31. The Labute approximate surface area is 334 Å². The molecule has 2 aliphatic heterocycles. The lowest BCUT2D eigenvalue weighted by molar-refractivity contribution is -0.182. The molecule has 0 aliphatic carbocycles. The van der Waals surface area contributed by atoms with Crippen LogP contribution in [0.1, 0.15) is 61.5 Å². The van der Waals surface area contributed by atoms with E-state index in [-0.39, 0.29) is 46.3 Å². The maximum absolute atomic E-state index is 16.2. The Hall–Kier alpha value is -4.51. The van der Waals surface area contributed by atoms with Crippen LogP contribution in [0.15, 0.2) is 54.6 Å². The van der Waals surface area contributed by atoms with E-state index in [1.54, 1.807) is 24.3 Å². The number of hydroxylamine groups is 2. The summed E-state index contributed by atoms with van der Waals surface area (Å²) in [5.41, 5.74) is -0.515. The Morgan fingerprint density at radius 3 is 2.48 bits per heavy atom. The number of rotatable bonds is 14. The van der Waals surface area contributed by atoms with E-state index in [4.69, 9.17) is 51.7 Å². The zero-order chi connectivity index (χ0) is 40.9. The number of amides is 2. The highest BCUT2D eigenvalue weighted by Crippen LogP contribution is 2.57. The summed E-state index contributed by atoms with van der Waals surface area (Å²) in [4.78, 5) is 59.1. The van der Waals surface area contributed by atoms with Gasteiger partial charge in [0.15, 0.2) is 0 Å². The van der Waals surface area contributed by atoms with Crippen molar-refractivity contribution < 1.29 is 52.1 Å². The van der Waals surface area contributed by atoms with Crippen LogP contribution in [0.25, 0.3) is 0 Å². The monoisotopic (exact) mass is 818 g/mol. The van der Waals surface area contributed by atoms with Gasteiger partial charge < -0.3 is 44.5 Å². The predicted octanol–water partition coefficient (Wildman–Crippen LogP) is 6.65. The Morgan fingerprint density at radius 1 is 1.04 bits per heavy atom. The van der Waals surface area contributed by atoms with Crippen molar-refractivity contribution in [2.45, 2.75) is 63.8 Å². The molecule has 0 bridgehead atoms. The number of halogens is 3. The first-order valence-electron chi connectivity index (χ1n) is 17.7. The van der Waals surface area contributed by atoms with Crippen molar-refractivity contribution in [3.05, 3.63) is 87.2 Å². The molecule has 5 atom stereocenters. The first-order valence-corrected chi connectivity index (χ1v) is 18.4. The third-order valence-corrected chi connectivity index (χ3v) is 9.91. The molecule has 1 saturated heterocycles. The van der Waals surface area contributed by atoms with E-state index in [2.05, 4.69) is 16.0 Å². The summed E-state index contributed by atoms with van der Waals surface area (Å²) < 4.78 is 42.1. The lowest BCUT2D eigenvalue weighted by Crippen LogP contribution is -2.49. The topological polar surface area (TPSA) is 163 Å². The summed E-state index contributed by atoms with van der Waals surface area (Å²) in [6.45, 7) is 7.94. The number of nitrogens with zero attached hydrogens (tertiary/aromatic N) is 1. The molecule has 2 amide bonds. The molecule has 3 N–H and O–H groups in total. The van der Waals surface area contributed by atoms with Gasteiger partial charge in [0, 0.05) is 43.8 Å². The van der Waals surface area contributed by atoms with Gasteiger partial charge in [0.2, 0.25) is 18.1 Å². The van der Waals surface area contributed by atoms with E-state index in [1.807, 2.05) is 20.8 Å². The zero-order valence-corrected chi connectivity index (χ0v) is 33.5. The number of fused-ring (bicyclic) bond motifs is 2. The Balaban J connectivity index is 1.40. The standard InChI is InChI=1S/C39H45Cl2FN4O10/c1-21(55-37(50)56-46(5)20-53-16-15-51-6)54-35(48)22-11-14-27(29(17-22)52-7)43-34(47)33-31(24-9-8-10-26(41)32(24)42)39(30(45-33)19-38(2,3)4)25-13-12-23(40)18-28(25)44-36(39)49/h8-14,17-18,21,30-31,33,45H,15-16,19-20H2,1-7H3,(H,43,47)(H,44,49)/t21?,30-,31-,33+,39+/m0/s1. The summed E-state index contributed by atoms with van der Waals surface area (Å²) in [6.07, 6.45) is -2.06. The lowest BCUT2D eigenvalue weighted by Gasteiger charge is -2.37. The van der Waals surface area contributed by atoms with Crippen LogP contribution in [0.4, 0.5) is 20.6 Å². The van der Waals surface area contributed by atoms with E-state index in [0.717, 1.165) is 5.06 Å². The molecule has 3 aromatic carbocycles. The van der Waals surface area contributed by atoms with Crippen molar-refractivity contribution in [3.63, 3.8) is 0 Å². The summed E-state index contributed by atoms with van der Waals surface area (Å²) in [5.74, 6) is -3.66. The number of anilines is 2. The molecule has 0 saturated carbocycles. The SMILES string of the molecule is COCCOCN(C)OC(=O)OC(C)OC(=O)c1ccc(NC(=O)[C@@H]2N[C@@H](CC(C)(C)C)[C@@]3(C(=O)Nc4cc(Cl)ccc43)[C@H]2c2cccc(Cl)c2F)c(OC)c1. The predicted molar refractivity (Wildman–Crippen MR) is 205 cm³/mol. The Kier molecular flexibility index (Phi) is 13.5. The Bertz CT molecular complexity index is 1960. The van der Waals surface area contributed by atoms with Crippen LogP contribution in [0.3, 0.4) is 0 Å². The highest BCUT2D eigenvalue weighted by Gasteiger charge is 2.66. The van der Waals surface area contributed by atoms with Crippen molar-refractivity contribution in [2.75, 3.05) is 51.8 Å². The third kappa shape index (κ3) is 9.20. The number of ether oxygens (including phenoxy) is 5. The molecule has 1 unspecified atom stereocenters. The van der Waals surface area contributed by atoms with Gasteiger partial charge in [0.25, 0.3) is 0 Å². The molecular formula is C39H45Cl2FN4O10. The second-order valence-electron chi connectivity index (χ2n) is 14.6. The number of benzene rings is 3. The van der Waals surface area contributed by atoms with E-state index >= 15 is 4.39 Å². The van der Waals surface area contributed by atoms with Crippen LogP contribution in [0.2, 0.25) is 10.0 Å². The van der Waals surface area contributed by atoms with Crippen molar-refractivity contribution in [3.8, 4) is 5.75 Å². The molecule has 2 heterocycles. The van der Waals surface area contributed by atoms with Gasteiger partial charge in [-0.3, -0.25) is 9.59 Å². The van der Waals surface area contributed by atoms with Crippen LogP contribution in [0.5, 0.6) is 5.75 Å². The molecule has 2 aliphatic rings. The molecule has 56 heavy (non-hydrogen) atoms. The van der Waals surface area contributed by atoms with Crippen LogP contribution >= 0.6 is 23.2 Å². The van der Waals surface area contributed by atoms with Gasteiger partial charge in [-0.2, -0.15) is 0 Å².